The number of nitrogens with zero attached hydrogens (tertiary/aromatic N) is 1. The van der Waals surface area contributed by atoms with Gasteiger partial charge in [0.1, 0.15) is 33.3 Å². The van der Waals surface area contributed by atoms with Crippen molar-refractivity contribution in [2.45, 2.75) is 0 Å². The number of hydrogen-bond acceptors (Lipinski definition) is 5. The van der Waals surface area contributed by atoms with E-state index in [2.05, 4.69) is 11.6 Å². The molecule has 3 rings (SSSR count). The second-order valence-electron chi connectivity index (χ2n) is 4.87. The molecular weight excluding hydrogens is 348 g/mol. The van der Waals surface area contributed by atoms with Gasteiger partial charge in [0.15, 0.2) is 5.56 Å². The lowest BCUT2D eigenvalue weighted by molar-refractivity contribution is 0.363. The summed E-state index contributed by atoms with van der Waals surface area (Å²) in [7, 11) is 0. The summed E-state index contributed by atoms with van der Waals surface area (Å²) >= 11 is 7.44. The highest BCUT2D eigenvalue weighted by Crippen LogP contribution is 2.45. The minimum absolute atomic E-state index is 0.329. The summed E-state index contributed by atoms with van der Waals surface area (Å²) < 4.78 is 5.84. The molecule has 0 aliphatic heterocycles. The molecule has 7 heteroatoms. The van der Waals surface area contributed by atoms with Crippen molar-refractivity contribution in [2.24, 2.45) is 0 Å². The fourth-order valence-electron chi connectivity index (χ4n) is 2.35. The average Bonchev–Trinajstić information content (AvgIpc) is 2.90. The molecule has 24 heavy (non-hydrogen) atoms. The molecule has 5 nitrogen and oxygen atoms in total. The Labute approximate surface area is 146 Å². The minimum Gasteiger partial charge on any atom is -0.506 e. The molecule has 0 aliphatic rings. The Balaban J connectivity index is 2.19. The maximum absolute atomic E-state index is 11.8. The Hall–Kier alpha value is -2.75. The van der Waals surface area contributed by atoms with Crippen molar-refractivity contribution in [1.29, 1.82) is 5.26 Å². The normalized spacial score (nSPS) is 10.5. The first kappa shape index (κ1) is 16.1. The fraction of sp³-hybridized carbons (Fsp3) is 0.0588. The number of halogens is 1. The number of aromatic amines is 1. The van der Waals surface area contributed by atoms with E-state index in [0.29, 0.717) is 32.5 Å². The first-order valence-corrected chi connectivity index (χ1v) is 8.07. The van der Waals surface area contributed by atoms with Crippen LogP contribution in [0.2, 0.25) is 4.34 Å². The van der Waals surface area contributed by atoms with Crippen LogP contribution >= 0.6 is 22.9 Å². The molecule has 0 radical (unpaired) electrons. The predicted octanol–water partition coefficient (Wildman–Crippen LogP) is 4.05. The van der Waals surface area contributed by atoms with Gasteiger partial charge in [0.05, 0.1) is 5.39 Å². The Morgan fingerprint density at radius 3 is 2.75 bits per heavy atom. The largest absolute Gasteiger partial charge is 0.506 e. The summed E-state index contributed by atoms with van der Waals surface area (Å²) in [4.78, 5) is 14.8. The topological polar surface area (TPSA) is 86.1 Å². The Kier molecular flexibility index (Phi) is 4.30. The van der Waals surface area contributed by atoms with Crippen molar-refractivity contribution in [2.75, 3.05) is 6.61 Å². The zero-order chi connectivity index (χ0) is 17.3. The summed E-state index contributed by atoms with van der Waals surface area (Å²) in [6, 6.07) is 8.84. The zero-order valence-corrected chi connectivity index (χ0v) is 13.9. The Bertz CT molecular complexity index is 1030. The standard InChI is InChI=1S/C17H11ClN2O3S/c1-2-7-23-10-5-3-9(4-6-10)12-13-14(21)11(8-19)16(22)20-17(13)24-15(12)18/h2-6H,1,7H2,(H2,20,21,22). The van der Waals surface area contributed by atoms with Gasteiger partial charge < -0.3 is 14.8 Å². The van der Waals surface area contributed by atoms with Crippen molar-refractivity contribution >= 4 is 33.2 Å². The van der Waals surface area contributed by atoms with E-state index in [9.17, 15) is 9.90 Å². The summed E-state index contributed by atoms with van der Waals surface area (Å²) in [6.45, 7) is 3.99. The monoisotopic (exact) mass is 358 g/mol. The molecule has 0 saturated carbocycles. The van der Waals surface area contributed by atoms with Crippen LogP contribution in [0.15, 0.2) is 41.7 Å². The van der Waals surface area contributed by atoms with E-state index in [4.69, 9.17) is 21.6 Å². The van der Waals surface area contributed by atoms with E-state index in [1.165, 1.54) is 0 Å². The number of nitriles is 1. The van der Waals surface area contributed by atoms with E-state index in [0.717, 1.165) is 16.9 Å². The third kappa shape index (κ3) is 2.64. The lowest BCUT2D eigenvalue weighted by atomic mass is 10.0. The molecule has 1 aromatic carbocycles. The van der Waals surface area contributed by atoms with Gasteiger partial charge in [-0.25, -0.2) is 0 Å². The number of thiophene rings is 1. The van der Waals surface area contributed by atoms with Gasteiger partial charge in [-0.05, 0) is 17.7 Å². The number of ether oxygens (including phenoxy) is 1. The van der Waals surface area contributed by atoms with Gasteiger partial charge in [0.2, 0.25) is 0 Å². The van der Waals surface area contributed by atoms with Gasteiger partial charge in [-0.2, -0.15) is 5.26 Å². The second kappa shape index (κ2) is 6.40. The van der Waals surface area contributed by atoms with E-state index in [1.54, 1.807) is 36.4 Å². The number of nitrogens with one attached hydrogen (secondary N) is 1. The smallest absolute Gasteiger partial charge is 0.270 e. The number of aromatic hydroxyl groups is 1. The molecule has 0 amide bonds. The molecule has 0 fully saturated rings. The second-order valence-corrected chi connectivity index (χ2v) is 6.49. The summed E-state index contributed by atoms with van der Waals surface area (Å²) in [5.41, 5.74) is 0.338. The van der Waals surface area contributed by atoms with Crippen molar-refractivity contribution in [3.05, 3.63) is 57.2 Å². The Morgan fingerprint density at radius 1 is 1.42 bits per heavy atom. The van der Waals surface area contributed by atoms with Gasteiger partial charge in [-0.3, -0.25) is 4.79 Å². The van der Waals surface area contributed by atoms with Gasteiger partial charge in [0, 0.05) is 5.56 Å². The third-order valence-corrected chi connectivity index (χ3v) is 4.73. The molecule has 0 unspecified atom stereocenters. The van der Waals surface area contributed by atoms with Crippen LogP contribution in [-0.2, 0) is 0 Å². The molecular formula is C17H11ClN2O3S. The van der Waals surface area contributed by atoms with Crippen molar-refractivity contribution in [3.8, 4) is 28.7 Å². The fourth-order valence-corrected chi connectivity index (χ4v) is 3.73. The van der Waals surface area contributed by atoms with Gasteiger partial charge in [-0.15, -0.1) is 11.3 Å². The molecule has 0 bridgehead atoms. The van der Waals surface area contributed by atoms with Gasteiger partial charge in [0.25, 0.3) is 5.56 Å². The molecule has 3 aromatic rings. The molecule has 120 valence electrons. The van der Waals surface area contributed by atoms with E-state index in [-0.39, 0.29) is 11.3 Å². The number of aromatic nitrogens is 1. The molecule has 2 heterocycles. The zero-order valence-electron chi connectivity index (χ0n) is 12.3. The minimum atomic E-state index is -0.639. The van der Waals surface area contributed by atoms with Crippen LogP contribution in [0.5, 0.6) is 11.5 Å². The lowest BCUT2D eigenvalue weighted by Crippen LogP contribution is -2.09. The maximum atomic E-state index is 11.8. The number of hydrogen-bond donors (Lipinski definition) is 2. The van der Waals surface area contributed by atoms with Crippen LogP contribution in [0.25, 0.3) is 21.3 Å². The predicted molar refractivity (Wildman–Crippen MR) is 95.0 cm³/mol. The third-order valence-electron chi connectivity index (χ3n) is 3.42. The number of rotatable bonds is 4. The molecule has 0 atom stereocenters. The highest BCUT2D eigenvalue weighted by Gasteiger charge is 2.21. The van der Waals surface area contributed by atoms with Crippen LogP contribution < -0.4 is 10.3 Å². The summed E-state index contributed by atoms with van der Waals surface area (Å²) in [5.74, 6) is 0.311. The van der Waals surface area contributed by atoms with E-state index < -0.39 is 5.56 Å². The highest BCUT2D eigenvalue weighted by molar-refractivity contribution is 7.23. The maximum Gasteiger partial charge on any atom is 0.270 e. The first-order valence-electron chi connectivity index (χ1n) is 6.88. The van der Waals surface area contributed by atoms with Crippen LogP contribution in [0.1, 0.15) is 5.56 Å². The number of pyridine rings is 1. The van der Waals surface area contributed by atoms with Gasteiger partial charge in [-0.1, -0.05) is 36.4 Å². The van der Waals surface area contributed by atoms with Crippen molar-refractivity contribution < 1.29 is 9.84 Å². The van der Waals surface area contributed by atoms with Crippen molar-refractivity contribution in [1.82, 2.24) is 4.98 Å². The number of benzene rings is 1. The van der Waals surface area contributed by atoms with E-state index >= 15 is 0 Å². The molecule has 2 N–H and O–H groups in total. The van der Waals surface area contributed by atoms with Crippen LogP contribution in [0.3, 0.4) is 0 Å². The molecule has 0 saturated heterocycles. The summed E-state index contributed by atoms with van der Waals surface area (Å²) in [6.07, 6.45) is 1.65. The van der Waals surface area contributed by atoms with E-state index in [1.807, 2.05) is 0 Å². The number of H-pyrrole nitrogens is 1. The molecule has 0 aliphatic carbocycles. The van der Waals surface area contributed by atoms with Gasteiger partial charge >= 0.3 is 0 Å². The highest BCUT2D eigenvalue weighted by atomic mass is 35.5. The SMILES string of the molecule is C=CCOc1ccc(-c2c(Cl)sc3[nH]c(=O)c(C#N)c(O)c23)cc1. The summed E-state index contributed by atoms with van der Waals surface area (Å²) in [5, 5.41) is 19.7. The van der Waals surface area contributed by atoms with Crippen LogP contribution in [-0.4, -0.2) is 16.7 Å². The average molecular weight is 359 g/mol. The Morgan fingerprint density at radius 2 is 2.12 bits per heavy atom. The molecule has 2 aromatic heterocycles. The van der Waals surface area contributed by atoms with Crippen LogP contribution in [0.4, 0.5) is 0 Å². The van der Waals surface area contributed by atoms with Crippen LogP contribution in [0, 0.1) is 11.3 Å². The molecule has 0 spiro atoms. The lowest BCUT2D eigenvalue weighted by Gasteiger charge is -2.06. The quantitative estimate of drug-likeness (QED) is 0.689. The number of fused-ring (bicyclic) bond motifs is 1. The first-order chi connectivity index (χ1) is 11.6. The van der Waals surface area contributed by atoms with Crippen molar-refractivity contribution in [3.63, 3.8) is 0 Å².